The van der Waals surface area contributed by atoms with Crippen molar-refractivity contribution in [2.24, 2.45) is 0 Å². The van der Waals surface area contributed by atoms with E-state index >= 15 is 0 Å². The van der Waals surface area contributed by atoms with E-state index in [0.29, 0.717) is 24.3 Å². The van der Waals surface area contributed by atoms with Gasteiger partial charge < -0.3 is 10.6 Å². The molecule has 5 heteroatoms. The Balaban J connectivity index is 0.000000223. The third kappa shape index (κ3) is 5.13. The third-order valence-corrected chi connectivity index (χ3v) is 4.99. The van der Waals surface area contributed by atoms with Crippen molar-refractivity contribution in [2.45, 2.75) is 38.4 Å². The molecule has 0 saturated heterocycles. The first-order chi connectivity index (χ1) is 12.9. The summed E-state index contributed by atoms with van der Waals surface area (Å²) in [7, 11) is 0. The van der Waals surface area contributed by atoms with Crippen LogP contribution in [-0.2, 0) is 17.0 Å². The summed E-state index contributed by atoms with van der Waals surface area (Å²) in [5.74, 6) is 0.316. The molecular formula is C22H27FN2OS. The molecule has 0 radical (unpaired) electrons. The Hall–Kier alpha value is -2.27. The molecule has 1 heterocycles. The number of carbonyl (C=O) groups excluding carboxylic acids is 1. The molecule has 2 N–H and O–H groups in total. The number of fused-ring (bicyclic) bond motifs is 1. The second kappa shape index (κ2) is 9.60. The minimum atomic E-state index is -0.443. The Morgan fingerprint density at radius 2 is 1.93 bits per heavy atom. The smallest absolute Gasteiger partial charge is 0.227 e. The molecule has 0 bridgehead atoms. The van der Waals surface area contributed by atoms with Crippen LogP contribution in [0.5, 0.6) is 0 Å². The first kappa shape index (κ1) is 21.0. The summed E-state index contributed by atoms with van der Waals surface area (Å²) in [5.41, 5.74) is 9.86. The van der Waals surface area contributed by atoms with Crippen molar-refractivity contribution < 1.29 is 9.18 Å². The van der Waals surface area contributed by atoms with Gasteiger partial charge in [0.1, 0.15) is 5.82 Å². The number of thiol groups is 1. The van der Waals surface area contributed by atoms with E-state index in [-0.39, 0.29) is 11.8 Å². The third-order valence-electron chi connectivity index (χ3n) is 4.62. The molecule has 1 aliphatic rings. The number of hydrogen-bond donors (Lipinski definition) is 2. The highest BCUT2D eigenvalue weighted by Crippen LogP contribution is 2.38. The van der Waals surface area contributed by atoms with Crippen molar-refractivity contribution in [3.05, 3.63) is 71.6 Å². The maximum absolute atomic E-state index is 13.9. The van der Waals surface area contributed by atoms with Crippen LogP contribution in [0.1, 0.15) is 42.9 Å². The molecule has 27 heavy (non-hydrogen) atoms. The van der Waals surface area contributed by atoms with Gasteiger partial charge in [0.2, 0.25) is 5.91 Å². The van der Waals surface area contributed by atoms with E-state index in [1.54, 1.807) is 12.1 Å². The van der Waals surface area contributed by atoms with Gasteiger partial charge in [-0.15, -0.1) is 6.58 Å². The summed E-state index contributed by atoms with van der Waals surface area (Å²) in [6.45, 7) is 7.97. The van der Waals surface area contributed by atoms with E-state index in [2.05, 4.69) is 50.4 Å². The van der Waals surface area contributed by atoms with Crippen LogP contribution in [-0.4, -0.2) is 12.5 Å². The van der Waals surface area contributed by atoms with Gasteiger partial charge in [-0.2, -0.15) is 12.6 Å². The van der Waals surface area contributed by atoms with Crippen molar-refractivity contribution >= 4 is 29.9 Å². The summed E-state index contributed by atoms with van der Waals surface area (Å²) in [6, 6.07) is 11.6. The maximum Gasteiger partial charge on any atom is 0.227 e. The molecule has 1 atom stereocenters. The summed E-state index contributed by atoms with van der Waals surface area (Å²) in [6.07, 6.45) is 3.09. The van der Waals surface area contributed by atoms with Gasteiger partial charge in [-0.25, -0.2) is 4.39 Å². The minimum Gasteiger partial charge on any atom is -0.399 e. The normalized spacial score (nSPS) is 15.6. The van der Waals surface area contributed by atoms with Gasteiger partial charge in [0.05, 0.1) is 5.69 Å². The average molecular weight is 387 g/mol. The lowest BCUT2D eigenvalue weighted by Gasteiger charge is -2.32. The van der Waals surface area contributed by atoms with Crippen LogP contribution < -0.4 is 10.6 Å². The molecule has 0 aromatic heterocycles. The van der Waals surface area contributed by atoms with Crippen molar-refractivity contribution in [2.75, 3.05) is 17.2 Å². The maximum atomic E-state index is 13.9. The second-order valence-electron chi connectivity index (χ2n) is 6.67. The van der Waals surface area contributed by atoms with Crippen LogP contribution in [0.4, 0.5) is 15.8 Å². The highest BCUT2D eigenvalue weighted by Gasteiger charge is 2.31. The quantitative estimate of drug-likeness (QED) is 0.436. The number of hydrogen-bond acceptors (Lipinski definition) is 3. The number of halogens is 1. The lowest BCUT2D eigenvalue weighted by Crippen LogP contribution is -2.37. The Bertz CT molecular complexity index is 782. The molecule has 1 unspecified atom stereocenters. The fraction of sp³-hybridized carbons (Fsp3) is 0.318. The fourth-order valence-electron chi connectivity index (χ4n) is 3.11. The number of amides is 1. The number of benzene rings is 2. The fourth-order valence-corrected chi connectivity index (χ4v) is 3.32. The lowest BCUT2D eigenvalue weighted by molar-refractivity contribution is -0.119. The lowest BCUT2D eigenvalue weighted by atomic mass is 9.90. The largest absolute Gasteiger partial charge is 0.399 e. The highest BCUT2D eigenvalue weighted by atomic mass is 32.1. The van der Waals surface area contributed by atoms with E-state index in [9.17, 15) is 9.18 Å². The predicted molar refractivity (Wildman–Crippen MR) is 115 cm³/mol. The van der Waals surface area contributed by atoms with Crippen molar-refractivity contribution in [3.8, 4) is 0 Å². The highest BCUT2D eigenvalue weighted by molar-refractivity contribution is 7.79. The van der Waals surface area contributed by atoms with Gasteiger partial charge in [-0.05, 0) is 41.2 Å². The number of carbonyl (C=O) groups is 1. The molecule has 0 aliphatic carbocycles. The van der Waals surface area contributed by atoms with Crippen molar-refractivity contribution in [1.82, 2.24) is 0 Å². The topological polar surface area (TPSA) is 46.3 Å². The van der Waals surface area contributed by atoms with Gasteiger partial charge in [0.15, 0.2) is 0 Å². The summed E-state index contributed by atoms with van der Waals surface area (Å²) in [4.78, 5) is 13.3. The number of nitrogen functional groups attached to an aromatic ring is 1. The molecule has 3 nitrogen and oxygen atoms in total. The van der Waals surface area contributed by atoms with Gasteiger partial charge in [-0.1, -0.05) is 44.2 Å². The molecule has 2 aromatic carbocycles. The molecule has 1 amide bonds. The molecule has 1 aliphatic heterocycles. The zero-order chi connectivity index (χ0) is 20.0. The minimum absolute atomic E-state index is 0.00318. The molecule has 144 valence electrons. The zero-order valence-corrected chi connectivity index (χ0v) is 16.8. The Morgan fingerprint density at radius 1 is 1.30 bits per heavy atom. The number of aryl methyl sites for hydroxylation is 1. The number of nitrogens with zero attached hydrogens (tertiary/aromatic N) is 1. The van der Waals surface area contributed by atoms with Gasteiger partial charge in [-0.3, -0.25) is 4.79 Å². The summed E-state index contributed by atoms with van der Waals surface area (Å²) < 4.78 is 13.9. The molecule has 3 rings (SSSR count). The molecular weight excluding hydrogens is 359 g/mol. The molecule has 0 fully saturated rings. The zero-order valence-electron chi connectivity index (χ0n) is 15.9. The molecule has 0 spiro atoms. The average Bonchev–Trinajstić information content (AvgIpc) is 2.65. The van der Waals surface area contributed by atoms with Crippen molar-refractivity contribution in [1.29, 1.82) is 0 Å². The van der Waals surface area contributed by atoms with Crippen LogP contribution in [0, 0.1) is 5.82 Å². The van der Waals surface area contributed by atoms with Crippen LogP contribution in [0.15, 0.2) is 49.1 Å². The number of rotatable bonds is 4. The molecule has 0 saturated carbocycles. The van der Waals surface area contributed by atoms with Gasteiger partial charge in [0, 0.05) is 24.4 Å². The van der Waals surface area contributed by atoms with Crippen molar-refractivity contribution in [3.63, 3.8) is 0 Å². The Kier molecular flexibility index (Phi) is 7.48. The first-order valence-corrected chi connectivity index (χ1v) is 9.73. The van der Waals surface area contributed by atoms with Gasteiger partial charge in [0.25, 0.3) is 0 Å². The van der Waals surface area contributed by atoms with E-state index in [1.165, 1.54) is 22.1 Å². The molecule has 2 aromatic rings. The van der Waals surface area contributed by atoms with Gasteiger partial charge >= 0.3 is 0 Å². The number of anilines is 2. The van der Waals surface area contributed by atoms with E-state index in [4.69, 9.17) is 5.73 Å². The Morgan fingerprint density at radius 3 is 2.48 bits per heavy atom. The number of nitrogens with two attached hydrogens (primary N) is 1. The second-order valence-corrected chi connectivity index (χ2v) is 6.98. The first-order valence-electron chi connectivity index (χ1n) is 9.10. The predicted octanol–water partition coefficient (Wildman–Crippen LogP) is 5.11. The van der Waals surface area contributed by atoms with Crippen LogP contribution in [0.25, 0.3) is 0 Å². The van der Waals surface area contributed by atoms with E-state index in [1.807, 2.05) is 6.92 Å². The standard InChI is InChI=1S/C13H15FN2O.C9H12S/c1-3-4-16-12(17)5-8(2)10-6-9(15)7-11(14)13(10)16;1-2-8-3-5-9(7-10)6-4-8/h3,6-8H,1,4-5,15H2,2H3;3-6,10H,2,7H2,1H3. The van der Waals surface area contributed by atoms with E-state index < -0.39 is 5.82 Å². The Labute approximate surface area is 166 Å². The van der Waals surface area contributed by atoms with Crippen LogP contribution >= 0.6 is 12.6 Å². The summed E-state index contributed by atoms with van der Waals surface area (Å²) in [5, 5.41) is 0. The van der Waals surface area contributed by atoms with E-state index in [0.717, 1.165) is 17.7 Å². The van der Waals surface area contributed by atoms with Crippen LogP contribution in [0.3, 0.4) is 0 Å². The SMILES string of the molecule is C=CCN1C(=O)CC(C)c2cc(N)cc(F)c21.CCc1ccc(CS)cc1. The monoisotopic (exact) mass is 386 g/mol. The van der Waals surface area contributed by atoms with Crippen LogP contribution in [0.2, 0.25) is 0 Å². The summed E-state index contributed by atoms with van der Waals surface area (Å²) >= 11 is 4.17.